The topological polar surface area (TPSA) is 29.5 Å². The van der Waals surface area contributed by atoms with Gasteiger partial charge in [0.2, 0.25) is 0 Å². The zero-order valence-corrected chi connectivity index (χ0v) is 11.2. The number of rotatable bonds is 2. The normalized spacial score (nSPS) is 22.0. The average molecular weight is 248 g/mol. The molecule has 0 bridgehead atoms. The van der Waals surface area contributed by atoms with E-state index in [0.29, 0.717) is 5.88 Å². The first-order valence-electron chi connectivity index (χ1n) is 5.99. The van der Waals surface area contributed by atoms with E-state index in [1.165, 1.54) is 6.42 Å². The molecule has 0 N–H and O–H groups in total. The molecule has 3 nitrogen and oxygen atoms in total. The van der Waals surface area contributed by atoms with Crippen molar-refractivity contribution < 1.29 is 9.53 Å². The molecule has 1 aliphatic heterocycles. The number of ether oxygens (including phenoxy) is 1. The minimum absolute atomic E-state index is 0.192. The Morgan fingerprint density at radius 3 is 2.69 bits per heavy atom. The summed E-state index contributed by atoms with van der Waals surface area (Å²) in [5, 5.41) is 0. The maximum atomic E-state index is 12.0. The highest BCUT2D eigenvalue weighted by Gasteiger charge is 2.29. The molecule has 1 heterocycles. The van der Waals surface area contributed by atoms with Crippen molar-refractivity contribution in [1.82, 2.24) is 4.90 Å². The number of carbonyl (C=O) groups excluding carboxylic acids is 1. The molecular weight excluding hydrogens is 226 g/mol. The summed E-state index contributed by atoms with van der Waals surface area (Å²) in [5.74, 6) is 0.601. The maximum Gasteiger partial charge on any atom is 0.410 e. The van der Waals surface area contributed by atoms with Crippen molar-refractivity contribution in [3.8, 4) is 0 Å². The van der Waals surface area contributed by atoms with E-state index >= 15 is 0 Å². The molecule has 1 amide bonds. The summed E-state index contributed by atoms with van der Waals surface area (Å²) >= 11 is 5.76. The first kappa shape index (κ1) is 13.6. The van der Waals surface area contributed by atoms with Crippen LogP contribution in [0.15, 0.2) is 0 Å². The zero-order valence-electron chi connectivity index (χ0n) is 10.5. The largest absolute Gasteiger partial charge is 0.444 e. The Balaban J connectivity index is 2.57. The van der Waals surface area contributed by atoms with Crippen molar-refractivity contribution in [2.75, 3.05) is 12.4 Å². The number of nitrogens with zero attached hydrogens (tertiary/aromatic N) is 1. The van der Waals surface area contributed by atoms with Gasteiger partial charge in [-0.3, -0.25) is 0 Å². The van der Waals surface area contributed by atoms with Crippen molar-refractivity contribution in [2.45, 2.75) is 58.1 Å². The van der Waals surface area contributed by atoms with Crippen molar-refractivity contribution in [3.05, 3.63) is 0 Å². The fourth-order valence-electron chi connectivity index (χ4n) is 1.99. The molecule has 4 heteroatoms. The fourth-order valence-corrected chi connectivity index (χ4v) is 2.24. The van der Waals surface area contributed by atoms with Crippen LogP contribution >= 0.6 is 11.6 Å². The van der Waals surface area contributed by atoms with Gasteiger partial charge in [0.15, 0.2) is 0 Å². The summed E-state index contributed by atoms with van der Waals surface area (Å²) in [4.78, 5) is 13.8. The zero-order chi connectivity index (χ0) is 12.2. The first-order chi connectivity index (χ1) is 7.44. The van der Waals surface area contributed by atoms with Crippen LogP contribution in [-0.4, -0.2) is 35.1 Å². The smallest absolute Gasteiger partial charge is 0.410 e. The summed E-state index contributed by atoms with van der Waals surface area (Å²) in [6, 6.07) is 0.265. The fraction of sp³-hybridized carbons (Fsp3) is 0.917. The van der Waals surface area contributed by atoms with Gasteiger partial charge >= 0.3 is 6.09 Å². The number of likely N-dealkylation sites (tertiary alicyclic amines) is 1. The first-order valence-corrected chi connectivity index (χ1v) is 6.53. The number of halogens is 1. The van der Waals surface area contributed by atoms with Gasteiger partial charge in [0, 0.05) is 18.5 Å². The van der Waals surface area contributed by atoms with Gasteiger partial charge in [-0.25, -0.2) is 4.79 Å². The Labute approximate surface area is 103 Å². The Kier molecular flexibility index (Phi) is 4.90. The summed E-state index contributed by atoms with van der Waals surface area (Å²) in [6.45, 7) is 6.48. The second-order valence-corrected chi connectivity index (χ2v) is 5.68. The van der Waals surface area contributed by atoms with Crippen LogP contribution in [0.5, 0.6) is 0 Å². The number of hydrogen-bond donors (Lipinski definition) is 0. The molecule has 0 aromatic heterocycles. The molecule has 0 unspecified atom stereocenters. The predicted molar refractivity (Wildman–Crippen MR) is 65.9 cm³/mol. The minimum Gasteiger partial charge on any atom is -0.444 e. The number of amides is 1. The summed E-state index contributed by atoms with van der Waals surface area (Å²) in [6.07, 6.45) is 3.97. The van der Waals surface area contributed by atoms with Crippen LogP contribution in [0.1, 0.15) is 46.5 Å². The number of hydrogen-bond acceptors (Lipinski definition) is 2. The molecule has 0 spiro atoms. The third kappa shape index (κ3) is 4.20. The van der Waals surface area contributed by atoms with Crippen LogP contribution in [0.3, 0.4) is 0 Å². The highest BCUT2D eigenvalue weighted by Crippen LogP contribution is 2.22. The van der Waals surface area contributed by atoms with E-state index in [2.05, 4.69) is 0 Å². The summed E-state index contributed by atoms with van der Waals surface area (Å²) < 4.78 is 5.40. The van der Waals surface area contributed by atoms with Crippen molar-refractivity contribution in [3.63, 3.8) is 0 Å². The van der Waals surface area contributed by atoms with E-state index in [9.17, 15) is 4.79 Å². The number of carbonyl (C=O) groups is 1. The van der Waals surface area contributed by atoms with E-state index in [1.807, 2.05) is 25.7 Å². The maximum absolute atomic E-state index is 12.0. The molecule has 94 valence electrons. The van der Waals surface area contributed by atoms with E-state index in [0.717, 1.165) is 25.8 Å². The van der Waals surface area contributed by atoms with E-state index < -0.39 is 5.60 Å². The molecule has 1 aliphatic rings. The lowest BCUT2D eigenvalue weighted by atomic mass is 10.0. The second-order valence-electron chi connectivity index (χ2n) is 5.30. The lowest BCUT2D eigenvalue weighted by Crippen LogP contribution is -2.46. The quantitative estimate of drug-likeness (QED) is 0.700. The monoisotopic (exact) mass is 247 g/mol. The van der Waals surface area contributed by atoms with Gasteiger partial charge in [0.1, 0.15) is 5.60 Å². The molecule has 1 atom stereocenters. The van der Waals surface area contributed by atoms with Crippen molar-refractivity contribution >= 4 is 17.7 Å². The standard InChI is InChI=1S/C12H22ClNO2/c1-12(2,3)16-11(15)14-9-5-4-6-10(14)7-8-13/h10H,4-9H2,1-3H3/t10-/m1/s1. The number of piperidine rings is 1. The third-order valence-electron chi connectivity index (χ3n) is 2.70. The van der Waals surface area contributed by atoms with Crippen LogP contribution < -0.4 is 0 Å². The van der Waals surface area contributed by atoms with Crippen molar-refractivity contribution in [2.24, 2.45) is 0 Å². The number of alkyl halides is 1. The van der Waals surface area contributed by atoms with Crippen LogP contribution in [0.2, 0.25) is 0 Å². The van der Waals surface area contributed by atoms with Gasteiger partial charge in [-0.2, -0.15) is 0 Å². The molecular formula is C12H22ClNO2. The summed E-state index contributed by atoms with van der Waals surface area (Å²) in [7, 11) is 0. The lowest BCUT2D eigenvalue weighted by molar-refractivity contribution is 0.00955. The summed E-state index contributed by atoms with van der Waals surface area (Å²) in [5.41, 5.74) is -0.417. The van der Waals surface area contributed by atoms with Crippen LogP contribution in [-0.2, 0) is 4.74 Å². The van der Waals surface area contributed by atoms with Gasteiger partial charge in [0.05, 0.1) is 0 Å². The lowest BCUT2D eigenvalue weighted by Gasteiger charge is -2.36. The van der Waals surface area contributed by atoms with E-state index in [4.69, 9.17) is 16.3 Å². The van der Waals surface area contributed by atoms with Crippen LogP contribution in [0, 0.1) is 0 Å². The average Bonchev–Trinajstić information content (AvgIpc) is 2.16. The van der Waals surface area contributed by atoms with E-state index in [-0.39, 0.29) is 12.1 Å². The Morgan fingerprint density at radius 1 is 1.44 bits per heavy atom. The van der Waals surface area contributed by atoms with Gasteiger partial charge in [-0.1, -0.05) is 0 Å². The Bertz CT molecular complexity index is 236. The second kappa shape index (κ2) is 5.76. The molecule has 0 radical (unpaired) electrons. The van der Waals surface area contributed by atoms with Gasteiger partial charge in [-0.05, 0) is 46.5 Å². The molecule has 16 heavy (non-hydrogen) atoms. The third-order valence-corrected chi connectivity index (χ3v) is 2.92. The predicted octanol–water partition coefficient (Wildman–Crippen LogP) is 3.40. The van der Waals surface area contributed by atoms with E-state index in [1.54, 1.807) is 0 Å². The van der Waals surface area contributed by atoms with Gasteiger partial charge in [-0.15, -0.1) is 11.6 Å². The SMILES string of the molecule is CC(C)(C)OC(=O)N1CCCC[C@@H]1CCCl. The van der Waals surface area contributed by atoms with Gasteiger partial charge < -0.3 is 9.64 Å². The molecule has 1 fully saturated rings. The molecule has 0 saturated carbocycles. The minimum atomic E-state index is -0.417. The van der Waals surface area contributed by atoms with Crippen LogP contribution in [0.25, 0.3) is 0 Å². The molecule has 0 aromatic rings. The highest BCUT2D eigenvalue weighted by molar-refractivity contribution is 6.17. The van der Waals surface area contributed by atoms with Crippen LogP contribution in [0.4, 0.5) is 4.79 Å². The van der Waals surface area contributed by atoms with Gasteiger partial charge in [0.25, 0.3) is 0 Å². The molecule has 0 aliphatic carbocycles. The van der Waals surface area contributed by atoms with Crippen molar-refractivity contribution in [1.29, 1.82) is 0 Å². The Hall–Kier alpha value is -0.440. The molecule has 1 rings (SSSR count). The molecule has 1 saturated heterocycles. The molecule has 0 aromatic carbocycles. The Morgan fingerprint density at radius 2 is 2.12 bits per heavy atom. The highest BCUT2D eigenvalue weighted by atomic mass is 35.5.